The van der Waals surface area contributed by atoms with Gasteiger partial charge in [-0.2, -0.15) is 5.26 Å². The minimum atomic E-state index is -3.77. The van der Waals surface area contributed by atoms with E-state index in [9.17, 15) is 8.42 Å². The number of nitriles is 1. The van der Waals surface area contributed by atoms with Gasteiger partial charge in [0.1, 0.15) is 15.2 Å². The highest BCUT2D eigenvalue weighted by molar-refractivity contribution is 7.94. The molecule has 0 aliphatic rings. The Balaban J connectivity index is 2.28. The quantitative estimate of drug-likeness (QED) is 0.894. The first-order valence-corrected chi connectivity index (χ1v) is 6.64. The second-order valence-corrected chi connectivity index (χ2v) is 5.96. The van der Waals surface area contributed by atoms with Crippen molar-refractivity contribution in [1.82, 2.24) is 10.2 Å². The molecule has 0 saturated heterocycles. The summed E-state index contributed by atoms with van der Waals surface area (Å²) in [6.07, 6.45) is 0. The van der Waals surface area contributed by atoms with Crippen LogP contribution in [-0.4, -0.2) is 18.6 Å². The van der Waals surface area contributed by atoms with Crippen LogP contribution in [0.2, 0.25) is 0 Å². The number of rotatable bonds is 3. The Hall–Kier alpha value is -1.92. The molecule has 0 aromatic carbocycles. The predicted molar refractivity (Wildman–Crippen MR) is 58.9 cm³/mol. The Kier molecular flexibility index (Phi) is 2.83. The summed E-state index contributed by atoms with van der Waals surface area (Å²) in [5, 5.41) is 15.6. The van der Waals surface area contributed by atoms with Crippen molar-refractivity contribution in [3.63, 3.8) is 0 Å². The number of thiophene rings is 1. The first-order valence-electron chi connectivity index (χ1n) is 4.34. The van der Waals surface area contributed by atoms with E-state index in [0.29, 0.717) is 4.88 Å². The third-order valence-electron chi connectivity index (χ3n) is 1.70. The zero-order valence-electron chi connectivity index (χ0n) is 8.54. The summed E-state index contributed by atoms with van der Waals surface area (Å²) in [5.74, 6) is 0.256. The average molecular weight is 270 g/mol. The van der Waals surface area contributed by atoms with Crippen LogP contribution in [-0.2, 0) is 10.0 Å². The normalized spacial score (nSPS) is 11.1. The van der Waals surface area contributed by atoms with Crippen LogP contribution in [0.4, 0.5) is 6.01 Å². The summed E-state index contributed by atoms with van der Waals surface area (Å²) in [4.78, 5) is 0.312. The van der Waals surface area contributed by atoms with E-state index in [1.165, 1.54) is 12.1 Å². The van der Waals surface area contributed by atoms with Crippen LogP contribution >= 0.6 is 11.3 Å². The molecule has 9 heteroatoms. The summed E-state index contributed by atoms with van der Waals surface area (Å²) < 4.78 is 30.6. The van der Waals surface area contributed by atoms with E-state index in [1.54, 1.807) is 6.92 Å². The van der Waals surface area contributed by atoms with Crippen LogP contribution in [0.15, 0.2) is 20.8 Å². The van der Waals surface area contributed by atoms with Crippen molar-refractivity contribution in [2.24, 2.45) is 0 Å². The van der Waals surface area contributed by atoms with Gasteiger partial charge in [0, 0.05) is 6.92 Å². The molecular formula is C8H6N4O3S2. The number of nitrogens with one attached hydrogen (secondary N) is 1. The topological polar surface area (TPSA) is 109 Å². The van der Waals surface area contributed by atoms with Gasteiger partial charge in [-0.05, 0) is 12.1 Å². The fourth-order valence-corrected chi connectivity index (χ4v) is 3.06. The Morgan fingerprint density at radius 3 is 2.76 bits per heavy atom. The van der Waals surface area contributed by atoms with Crippen LogP contribution in [0.3, 0.4) is 0 Å². The summed E-state index contributed by atoms with van der Waals surface area (Å²) >= 11 is 0.864. The Bertz CT molecular complexity index is 680. The molecule has 0 radical (unpaired) electrons. The molecule has 7 nitrogen and oxygen atoms in total. The van der Waals surface area contributed by atoms with Crippen molar-refractivity contribution < 1.29 is 12.8 Å². The lowest BCUT2D eigenvalue weighted by atomic mass is 10.5. The standard InChI is InChI=1S/C8H6N4O3S2/c1-5-10-11-8(15-5)12-17(13,14)7-3-2-6(4-9)16-7/h2-3H,1H3,(H,11,12). The summed E-state index contributed by atoms with van der Waals surface area (Å²) in [6.45, 7) is 1.55. The minimum Gasteiger partial charge on any atom is -0.408 e. The van der Waals surface area contributed by atoms with E-state index in [2.05, 4.69) is 14.9 Å². The van der Waals surface area contributed by atoms with Crippen LogP contribution in [0.5, 0.6) is 0 Å². The van der Waals surface area contributed by atoms with Crippen molar-refractivity contribution in [2.45, 2.75) is 11.1 Å². The van der Waals surface area contributed by atoms with E-state index in [1.807, 2.05) is 6.07 Å². The van der Waals surface area contributed by atoms with Crippen LogP contribution in [0, 0.1) is 18.3 Å². The lowest BCUT2D eigenvalue weighted by Crippen LogP contribution is -2.11. The van der Waals surface area contributed by atoms with Crippen LogP contribution in [0.1, 0.15) is 10.8 Å². The first kappa shape index (κ1) is 11.6. The number of sulfonamides is 1. The number of anilines is 1. The predicted octanol–water partition coefficient (Wildman–Crippen LogP) is 1.11. The lowest BCUT2D eigenvalue weighted by molar-refractivity contribution is 0.534. The first-order chi connectivity index (χ1) is 8.01. The summed E-state index contributed by atoms with van der Waals surface area (Å²) in [6, 6.07) is 4.43. The van der Waals surface area contributed by atoms with Crippen molar-refractivity contribution in [2.75, 3.05) is 4.72 Å². The molecule has 0 bridgehead atoms. The fourth-order valence-electron chi connectivity index (χ4n) is 1.03. The van der Waals surface area contributed by atoms with Crippen molar-refractivity contribution >= 4 is 27.4 Å². The molecule has 1 N–H and O–H groups in total. The molecule has 0 unspecified atom stereocenters. The van der Waals surface area contributed by atoms with Gasteiger partial charge in [0.15, 0.2) is 0 Å². The van der Waals surface area contributed by atoms with Crippen molar-refractivity contribution in [1.29, 1.82) is 5.26 Å². The molecule has 2 aromatic rings. The molecule has 0 aliphatic carbocycles. The Labute approximate surface area is 101 Å². The maximum Gasteiger partial charge on any atom is 0.329 e. The molecule has 88 valence electrons. The second-order valence-electron chi connectivity index (χ2n) is 2.96. The highest BCUT2D eigenvalue weighted by Crippen LogP contribution is 2.22. The number of aromatic nitrogens is 2. The SMILES string of the molecule is Cc1nnc(NS(=O)(=O)c2ccc(C#N)s2)o1. The summed E-state index contributed by atoms with van der Waals surface area (Å²) in [5.41, 5.74) is 0. The van der Waals surface area contributed by atoms with E-state index >= 15 is 0 Å². The largest absolute Gasteiger partial charge is 0.408 e. The minimum absolute atomic E-state index is 0.0184. The second kappa shape index (κ2) is 4.15. The molecule has 0 saturated carbocycles. The maximum atomic E-state index is 11.8. The van der Waals surface area contributed by atoms with E-state index in [0.717, 1.165) is 11.3 Å². The van der Waals surface area contributed by atoms with E-state index in [4.69, 9.17) is 9.68 Å². The molecule has 17 heavy (non-hydrogen) atoms. The summed E-state index contributed by atoms with van der Waals surface area (Å²) in [7, 11) is -3.77. The molecule has 0 aliphatic heterocycles. The number of hydrogen-bond acceptors (Lipinski definition) is 7. The average Bonchev–Trinajstić information content (AvgIpc) is 2.86. The van der Waals surface area contributed by atoms with Gasteiger partial charge in [-0.15, -0.1) is 16.4 Å². The molecule has 2 rings (SSSR count). The smallest absolute Gasteiger partial charge is 0.329 e. The number of aryl methyl sites for hydroxylation is 1. The van der Waals surface area contributed by atoms with Crippen molar-refractivity contribution in [3.05, 3.63) is 22.9 Å². The van der Waals surface area contributed by atoms with E-state index in [-0.39, 0.29) is 16.1 Å². The third-order valence-corrected chi connectivity index (χ3v) is 4.51. The molecule has 0 amide bonds. The zero-order chi connectivity index (χ0) is 12.5. The maximum absolute atomic E-state index is 11.8. The van der Waals surface area contributed by atoms with Gasteiger partial charge in [0.2, 0.25) is 5.89 Å². The van der Waals surface area contributed by atoms with E-state index < -0.39 is 10.0 Å². The highest BCUT2D eigenvalue weighted by atomic mass is 32.2. The number of nitrogens with zero attached hydrogens (tertiary/aromatic N) is 3. The van der Waals surface area contributed by atoms with Gasteiger partial charge in [0.05, 0.1) is 0 Å². The van der Waals surface area contributed by atoms with Gasteiger partial charge < -0.3 is 4.42 Å². The fraction of sp³-hybridized carbons (Fsp3) is 0.125. The van der Waals surface area contributed by atoms with Crippen LogP contribution < -0.4 is 4.72 Å². The Morgan fingerprint density at radius 1 is 1.47 bits per heavy atom. The number of hydrogen-bond donors (Lipinski definition) is 1. The highest BCUT2D eigenvalue weighted by Gasteiger charge is 2.19. The monoisotopic (exact) mass is 270 g/mol. The Morgan fingerprint density at radius 2 is 2.24 bits per heavy atom. The third kappa shape index (κ3) is 2.43. The molecular weight excluding hydrogens is 264 g/mol. The molecule has 0 atom stereocenters. The molecule has 2 heterocycles. The van der Waals surface area contributed by atoms with Gasteiger partial charge in [-0.25, -0.2) is 13.1 Å². The van der Waals surface area contributed by atoms with Crippen molar-refractivity contribution in [3.8, 4) is 6.07 Å². The molecule has 0 spiro atoms. The molecule has 0 fully saturated rings. The van der Waals surface area contributed by atoms with Gasteiger partial charge in [0.25, 0.3) is 10.0 Å². The van der Waals surface area contributed by atoms with Gasteiger partial charge >= 0.3 is 6.01 Å². The molecule has 2 aromatic heterocycles. The van der Waals surface area contributed by atoms with Crippen LogP contribution in [0.25, 0.3) is 0 Å². The lowest BCUT2D eigenvalue weighted by Gasteiger charge is -1.99. The van der Waals surface area contributed by atoms with Gasteiger partial charge in [-0.3, -0.25) is 0 Å². The van der Waals surface area contributed by atoms with Gasteiger partial charge in [-0.1, -0.05) is 5.10 Å². The zero-order valence-corrected chi connectivity index (χ0v) is 10.2.